The fraction of sp³-hybridized carbons (Fsp3) is 0.455. The van der Waals surface area contributed by atoms with Gasteiger partial charge in [0.1, 0.15) is 0 Å². The van der Waals surface area contributed by atoms with Crippen molar-refractivity contribution in [2.24, 2.45) is 11.7 Å². The number of aliphatic hydroxyl groups excluding tert-OH is 1. The molecule has 0 aromatic heterocycles. The van der Waals surface area contributed by atoms with Crippen molar-refractivity contribution >= 4 is 22.6 Å². The van der Waals surface area contributed by atoms with Gasteiger partial charge in [-0.15, -0.1) is 0 Å². The average Bonchev–Trinajstić information content (AvgIpc) is 2.16. The lowest BCUT2D eigenvalue weighted by Gasteiger charge is -2.22. The van der Waals surface area contributed by atoms with Crippen molar-refractivity contribution in [3.8, 4) is 0 Å². The van der Waals surface area contributed by atoms with Crippen LogP contribution in [0.25, 0.3) is 0 Å². The predicted octanol–water partition coefficient (Wildman–Crippen LogP) is 2.31. The number of nitrogens with two attached hydrogens (primary N) is 1. The van der Waals surface area contributed by atoms with Crippen LogP contribution in [0.15, 0.2) is 24.3 Å². The fourth-order valence-electron chi connectivity index (χ4n) is 1.30. The van der Waals surface area contributed by atoms with Crippen LogP contribution in [0.3, 0.4) is 0 Å². The normalized spacial score (nSPS) is 15.6. The number of halogens is 1. The summed E-state index contributed by atoms with van der Waals surface area (Å²) in [7, 11) is 0. The minimum absolute atomic E-state index is 0.185. The molecule has 0 aliphatic heterocycles. The first-order valence-corrected chi connectivity index (χ1v) is 5.79. The van der Waals surface area contributed by atoms with E-state index in [1.807, 2.05) is 38.1 Å². The Hall–Kier alpha value is -0.130. The molecule has 0 radical (unpaired) electrons. The second-order valence-corrected chi connectivity index (χ2v) is 5.06. The molecule has 0 amide bonds. The van der Waals surface area contributed by atoms with E-state index in [0.29, 0.717) is 0 Å². The van der Waals surface area contributed by atoms with Crippen molar-refractivity contribution in [3.05, 3.63) is 33.4 Å². The standard InChI is InChI=1S/C11H16INO/c1-7(2)11(14)10(13)8-3-5-9(12)6-4-8/h3-7,10-11,14H,13H2,1-2H3/t10-,11+/m0/s1. The average molecular weight is 305 g/mol. The third-order valence-electron chi connectivity index (χ3n) is 2.31. The van der Waals surface area contributed by atoms with Gasteiger partial charge in [-0.25, -0.2) is 0 Å². The molecule has 3 N–H and O–H groups in total. The van der Waals surface area contributed by atoms with Crippen molar-refractivity contribution in [1.82, 2.24) is 0 Å². The highest BCUT2D eigenvalue weighted by molar-refractivity contribution is 14.1. The molecule has 0 aliphatic carbocycles. The van der Waals surface area contributed by atoms with Gasteiger partial charge in [-0.3, -0.25) is 0 Å². The van der Waals surface area contributed by atoms with Crippen LogP contribution >= 0.6 is 22.6 Å². The van der Waals surface area contributed by atoms with E-state index < -0.39 is 6.10 Å². The van der Waals surface area contributed by atoms with Crippen molar-refractivity contribution in [2.75, 3.05) is 0 Å². The molecule has 3 heteroatoms. The molecule has 0 unspecified atom stereocenters. The van der Waals surface area contributed by atoms with Crippen molar-refractivity contribution in [2.45, 2.75) is 26.0 Å². The second-order valence-electron chi connectivity index (χ2n) is 3.81. The third-order valence-corrected chi connectivity index (χ3v) is 3.03. The molecule has 0 bridgehead atoms. The number of benzene rings is 1. The maximum Gasteiger partial charge on any atom is 0.0755 e. The monoisotopic (exact) mass is 305 g/mol. The van der Waals surface area contributed by atoms with Crippen LogP contribution in [-0.2, 0) is 0 Å². The molecule has 1 aromatic carbocycles. The summed E-state index contributed by atoms with van der Waals surface area (Å²) in [4.78, 5) is 0. The van der Waals surface area contributed by atoms with Crippen LogP contribution in [0.1, 0.15) is 25.5 Å². The number of hydrogen-bond acceptors (Lipinski definition) is 2. The van der Waals surface area contributed by atoms with E-state index in [0.717, 1.165) is 5.56 Å². The topological polar surface area (TPSA) is 46.2 Å². The Morgan fingerprint density at radius 3 is 2.14 bits per heavy atom. The summed E-state index contributed by atoms with van der Waals surface area (Å²) >= 11 is 2.25. The molecule has 0 fully saturated rings. The first-order chi connectivity index (χ1) is 6.52. The summed E-state index contributed by atoms with van der Waals surface area (Å²) in [5.41, 5.74) is 6.93. The Balaban J connectivity index is 2.78. The van der Waals surface area contributed by atoms with Gasteiger partial charge in [-0.1, -0.05) is 26.0 Å². The van der Waals surface area contributed by atoms with E-state index in [2.05, 4.69) is 22.6 Å². The zero-order chi connectivity index (χ0) is 10.7. The quantitative estimate of drug-likeness (QED) is 0.842. The van der Waals surface area contributed by atoms with Gasteiger partial charge in [0.15, 0.2) is 0 Å². The smallest absolute Gasteiger partial charge is 0.0755 e. The van der Waals surface area contributed by atoms with Gasteiger partial charge in [-0.2, -0.15) is 0 Å². The van der Waals surface area contributed by atoms with Crippen molar-refractivity contribution in [3.63, 3.8) is 0 Å². The molecule has 1 aromatic rings. The number of aliphatic hydroxyl groups is 1. The molecular weight excluding hydrogens is 289 g/mol. The molecule has 0 aliphatic rings. The first-order valence-electron chi connectivity index (χ1n) is 4.71. The van der Waals surface area contributed by atoms with Gasteiger partial charge < -0.3 is 10.8 Å². The fourth-order valence-corrected chi connectivity index (χ4v) is 1.66. The van der Waals surface area contributed by atoms with E-state index in [4.69, 9.17) is 5.73 Å². The largest absolute Gasteiger partial charge is 0.391 e. The highest BCUT2D eigenvalue weighted by Crippen LogP contribution is 2.20. The van der Waals surface area contributed by atoms with Gasteiger partial charge in [0, 0.05) is 3.57 Å². The van der Waals surface area contributed by atoms with Crippen LogP contribution in [0.5, 0.6) is 0 Å². The molecule has 14 heavy (non-hydrogen) atoms. The molecule has 0 spiro atoms. The molecule has 0 heterocycles. The molecule has 2 atom stereocenters. The zero-order valence-electron chi connectivity index (χ0n) is 8.44. The second kappa shape index (κ2) is 5.09. The Labute approximate surface area is 98.7 Å². The summed E-state index contributed by atoms with van der Waals surface area (Å²) in [6.07, 6.45) is -0.477. The van der Waals surface area contributed by atoms with Crippen LogP contribution in [-0.4, -0.2) is 11.2 Å². The van der Waals surface area contributed by atoms with E-state index >= 15 is 0 Å². The minimum Gasteiger partial charge on any atom is -0.391 e. The highest BCUT2D eigenvalue weighted by atomic mass is 127. The van der Waals surface area contributed by atoms with Crippen LogP contribution in [0.2, 0.25) is 0 Å². The van der Waals surface area contributed by atoms with E-state index in [9.17, 15) is 5.11 Å². The molecule has 0 saturated heterocycles. The lowest BCUT2D eigenvalue weighted by molar-refractivity contribution is 0.0979. The Kier molecular flexibility index (Phi) is 4.34. The molecular formula is C11H16INO. The SMILES string of the molecule is CC(C)[C@@H](O)[C@@H](N)c1ccc(I)cc1. The maximum absolute atomic E-state index is 9.79. The van der Waals surface area contributed by atoms with Crippen molar-refractivity contribution < 1.29 is 5.11 Å². The maximum atomic E-state index is 9.79. The predicted molar refractivity (Wildman–Crippen MR) is 66.9 cm³/mol. The van der Waals surface area contributed by atoms with Crippen molar-refractivity contribution in [1.29, 1.82) is 0 Å². The van der Waals surface area contributed by atoms with E-state index in [-0.39, 0.29) is 12.0 Å². The summed E-state index contributed by atoms with van der Waals surface area (Å²) in [5.74, 6) is 0.185. The highest BCUT2D eigenvalue weighted by Gasteiger charge is 2.19. The number of hydrogen-bond donors (Lipinski definition) is 2. The van der Waals surface area contributed by atoms with Gasteiger partial charge >= 0.3 is 0 Å². The third kappa shape index (κ3) is 2.93. The van der Waals surface area contributed by atoms with Gasteiger partial charge in [0.25, 0.3) is 0 Å². The Morgan fingerprint density at radius 2 is 1.71 bits per heavy atom. The molecule has 0 saturated carbocycles. The Morgan fingerprint density at radius 1 is 1.21 bits per heavy atom. The molecule has 78 valence electrons. The van der Waals surface area contributed by atoms with Crippen LogP contribution in [0, 0.1) is 9.49 Å². The lowest BCUT2D eigenvalue weighted by atomic mass is 9.95. The lowest BCUT2D eigenvalue weighted by Crippen LogP contribution is -2.30. The first kappa shape index (κ1) is 11.9. The minimum atomic E-state index is -0.477. The number of rotatable bonds is 3. The molecule has 1 rings (SSSR count). The summed E-state index contributed by atoms with van der Waals surface area (Å²) < 4.78 is 1.18. The zero-order valence-corrected chi connectivity index (χ0v) is 10.6. The summed E-state index contributed by atoms with van der Waals surface area (Å²) in [6.45, 7) is 3.94. The van der Waals surface area contributed by atoms with Crippen LogP contribution < -0.4 is 5.73 Å². The summed E-state index contributed by atoms with van der Waals surface area (Å²) in [6, 6.07) is 7.66. The van der Waals surface area contributed by atoms with E-state index in [1.165, 1.54) is 3.57 Å². The van der Waals surface area contributed by atoms with E-state index in [1.54, 1.807) is 0 Å². The molecule has 2 nitrogen and oxygen atoms in total. The van der Waals surface area contributed by atoms with Crippen LogP contribution in [0.4, 0.5) is 0 Å². The van der Waals surface area contributed by atoms with Gasteiger partial charge in [0.2, 0.25) is 0 Å². The van der Waals surface area contributed by atoms with Gasteiger partial charge in [0.05, 0.1) is 12.1 Å². The summed E-state index contributed by atoms with van der Waals surface area (Å²) in [5, 5.41) is 9.79. The van der Waals surface area contributed by atoms with Gasteiger partial charge in [-0.05, 0) is 46.2 Å². The Bertz CT molecular complexity index is 284.